The molecule has 0 radical (unpaired) electrons. The highest BCUT2D eigenvalue weighted by Crippen LogP contribution is 2.29. The van der Waals surface area contributed by atoms with E-state index in [2.05, 4.69) is 5.32 Å². The molecule has 0 spiro atoms. The summed E-state index contributed by atoms with van der Waals surface area (Å²) >= 11 is 0. The number of ether oxygens (including phenoxy) is 2. The lowest BCUT2D eigenvalue weighted by atomic mass is 10.1. The summed E-state index contributed by atoms with van der Waals surface area (Å²) in [5.74, 6) is 0.974. The first-order valence-electron chi connectivity index (χ1n) is 8.29. The van der Waals surface area contributed by atoms with Gasteiger partial charge in [0.1, 0.15) is 5.69 Å². The number of hydrogen-bond acceptors (Lipinski definition) is 5. The number of carbonyl (C=O) groups is 1. The summed E-state index contributed by atoms with van der Waals surface area (Å²) in [6.45, 7) is 4.19. The first kappa shape index (κ1) is 19.2. The fourth-order valence-electron chi connectivity index (χ4n) is 2.51. The topological polar surface area (TPSA) is 90.7 Å². The monoisotopic (exact) mass is 358 g/mol. The Kier molecular flexibility index (Phi) is 6.54. The molecule has 0 unspecified atom stereocenters. The van der Waals surface area contributed by atoms with Gasteiger partial charge in [-0.25, -0.2) is 0 Å². The minimum atomic E-state index is -0.500. The molecule has 0 saturated heterocycles. The Balaban J connectivity index is 2.02. The zero-order chi connectivity index (χ0) is 19.1. The zero-order valence-corrected chi connectivity index (χ0v) is 15.1. The van der Waals surface area contributed by atoms with Crippen LogP contribution in [0.1, 0.15) is 24.5 Å². The molecule has 0 bridgehead atoms. The molecular weight excluding hydrogens is 336 g/mol. The van der Waals surface area contributed by atoms with Gasteiger partial charge in [0.25, 0.3) is 5.69 Å². The smallest absolute Gasteiger partial charge is 0.293 e. The van der Waals surface area contributed by atoms with Gasteiger partial charge in [0.15, 0.2) is 11.5 Å². The van der Waals surface area contributed by atoms with Crippen LogP contribution in [0.25, 0.3) is 0 Å². The Bertz CT molecular complexity index is 805. The van der Waals surface area contributed by atoms with Crippen LogP contribution >= 0.6 is 0 Å². The molecule has 1 N–H and O–H groups in total. The highest BCUT2D eigenvalue weighted by atomic mass is 16.6. The van der Waals surface area contributed by atoms with Crippen molar-refractivity contribution < 1.29 is 19.2 Å². The molecule has 0 aliphatic carbocycles. The molecule has 0 aromatic heterocycles. The van der Waals surface area contributed by atoms with Crippen LogP contribution in [-0.2, 0) is 11.2 Å². The van der Waals surface area contributed by atoms with Gasteiger partial charge in [-0.3, -0.25) is 14.9 Å². The maximum absolute atomic E-state index is 12.2. The van der Waals surface area contributed by atoms with Crippen LogP contribution in [0.5, 0.6) is 11.5 Å². The van der Waals surface area contributed by atoms with Gasteiger partial charge < -0.3 is 14.8 Å². The molecule has 2 aromatic carbocycles. The normalized spacial score (nSPS) is 10.3. The van der Waals surface area contributed by atoms with Crippen LogP contribution in [0, 0.1) is 17.0 Å². The lowest BCUT2D eigenvalue weighted by molar-refractivity contribution is -0.384. The van der Waals surface area contributed by atoms with Gasteiger partial charge in [-0.05, 0) is 49.6 Å². The van der Waals surface area contributed by atoms with E-state index in [0.717, 1.165) is 11.1 Å². The molecule has 0 aliphatic rings. The highest BCUT2D eigenvalue weighted by Gasteiger charge is 2.16. The van der Waals surface area contributed by atoms with Crippen molar-refractivity contribution in [3.63, 3.8) is 0 Å². The van der Waals surface area contributed by atoms with Gasteiger partial charge in [0.05, 0.1) is 18.6 Å². The summed E-state index contributed by atoms with van der Waals surface area (Å²) < 4.78 is 10.8. The maximum atomic E-state index is 12.2. The SMILES string of the molecule is CCOc1ccc(CCC(=O)Nc2ccc(C)cc2[N+](=O)[O-])cc1OC. The van der Waals surface area contributed by atoms with Crippen molar-refractivity contribution in [1.29, 1.82) is 0 Å². The third-order valence-corrected chi connectivity index (χ3v) is 3.79. The predicted octanol–water partition coefficient (Wildman–Crippen LogP) is 3.88. The lowest BCUT2D eigenvalue weighted by Gasteiger charge is -2.11. The number of anilines is 1. The van der Waals surface area contributed by atoms with E-state index in [1.54, 1.807) is 32.2 Å². The second-order valence-electron chi connectivity index (χ2n) is 5.74. The second kappa shape index (κ2) is 8.84. The summed E-state index contributed by atoms with van der Waals surface area (Å²) in [6, 6.07) is 10.2. The number of methoxy groups -OCH3 is 1. The number of nitro benzene ring substituents is 1. The van der Waals surface area contributed by atoms with Gasteiger partial charge in [-0.2, -0.15) is 0 Å². The number of hydrogen-bond donors (Lipinski definition) is 1. The predicted molar refractivity (Wildman–Crippen MR) is 98.9 cm³/mol. The zero-order valence-electron chi connectivity index (χ0n) is 15.1. The number of aryl methyl sites for hydroxylation is 2. The van der Waals surface area contributed by atoms with Crippen molar-refractivity contribution in [3.8, 4) is 11.5 Å². The van der Waals surface area contributed by atoms with Crippen molar-refractivity contribution in [2.45, 2.75) is 26.7 Å². The molecule has 2 aromatic rings. The number of nitrogens with zero attached hydrogens (tertiary/aromatic N) is 1. The number of amides is 1. The first-order valence-corrected chi connectivity index (χ1v) is 8.29. The molecule has 2 rings (SSSR count). The minimum Gasteiger partial charge on any atom is -0.493 e. The van der Waals surface area contributed by atoms with Crippen LogP contribution in [0.15, 0.2) is 36.4 Å². The molecule has 0 heterocycles. The Morgan fingerprint density at radius 1 is 1.19 bits per heavy atom. The van der Waals surface area contributed by atoms with Gasteiger partial charge in [0, 0.05) is 12.5 Å². The maximum Gasteiger partial charge on any atom is 0.293 e. The van der Waals surface area contributed by atoms with Crippen molar-refractivity contribution in [3.05, 3.63) is 57.6 Å². The number of rotatable bonds is 8. The number of carbonyl (C=O) groups excluding carboxylic acids is 1. The van der Waals surface area contributed by atoms with E-state index >= 15 is 0 Å². The van der Waals surface area contributed by atoms with Gasteiger partial charge >= 0.3 is 0 Å². The lowest BCUT2D eigenvalue weighted by Crippen LogP contribution is -2.13. The summed E-state index contributed by atoms with van der Waals surface area (Å²) in [4.78, 5) is 22.8. The molecule has 0 atom stereocenters. The molecule has 138 valence electrons. The second-order valence-corrected chi connectivity index (χ2v) is 5.74. The van der Waals surface area contributed by atoms with Crippen LogP contribution in [0.4, 0.5) is 11.4 Å². The Labute approximate surface area is 152 Å². The molecular formula is C19H22N2O5. The minimum absolute atomic E-state index is 0.110. The van der Waals surface area contributed by atoms with Crippen molar-refractivity contribution >= 4 is 17.3 Å². The summed E-state index contributed by atoms with van der Waals surface area (Å²) in [6.07, 6.45) is 0.677. The Morgan fingerprint density at radius 2 is 1.96 bits per heavy atom. The Morgan fingerprint density at radius 3 is 2.62 bits per heavy atom. The fraction of sp³-hybridized carbons (Fsp3) is 0.316. The van der Waals surface area contributed by atoms with Crippen LogP contribution in [0.2, 0.25) is 0 Å². The number of nitro groups is 1. The molecule has 7 nitrogen and oxygen atoms in total. The van der Waals surface area contributed by atoms with Crippen molar-refractivity contribution in [2.75, 3.05) is 19.0 Å². The summed E-state index contributed by atoms with van der Waals surface area (Å²) in [5.41, 5.74) is 1.77. The van der Waals surface area contributed by atoms with E-state index in [-0.39, 0.29) is 23.7 Å². The highest BCUT2D eigenvalue weighted by molar-refractivity contribution is 5.93. The number of nitrogens with one attached hydrogen (secondary N) is 1. The molecule has 26 heavy (non-hydrogen) atoms. The summed E-state index contributed by atoms with van der Waals surface area (Å²) in [7, 11) is 1.56. The molecule has 1 amide bonds. The van der Waals surface area contributed by atoms with Crippen LogP contribution in [0.3, 0.4) is 0 Å². The van der Waals surface area contributed by atoms with E-state index in [0.29, 0.717) is 24.5 Å². The van der Waals surface area contributed by atoms with E-state index in [1.165, 1.54) is 6.07 Å². The van der Waals surface area contributed by atoms with Crippen molar-refractivity contribution in [2.24, 2.45) is 0 Å². The summed E-state index contributed by atoms with van der Waals surface area (Å²) in [5, 5.41) is 13.7. The Hall–Kier alpha value is -3.09. The average molecular weight is 358 g/mol. The third kappa shape index (κ3) is 4.95. The van der Waals surface area contributed by atoms with Gasteiger partial charge in [-0.15, -0.1) is 0 Å². The van der Waals surface area contributed by atoms with Gasteiger partial charge in [0.2, 0.25) is 5.91 Å². The van der Waals surface area contributed by atoms with E-state index < -0.39 is 4.92 Å². The molecule has 0 fully saturated rings. The standard InChI is InChI=1S/C19H22N2O5/c1-4-26-17-9-6-14(12-18(17)25-3)7-10-19(22)20-15-8-5-13(2)11-16(15)21(23)24/h5-6,8-9,11-12H,4,7,10H2,1-3H3,(H,20,22). The van der Waals surface area contributed by atoms with Crippen LogP contribution in [-0.4, -0.2) is 24.5 Å². The molecule has 7 heteroatoms. The largest absolute Gasteiger partial charge is 0.493 e. The van der Waals surface area contributed by atoms with E-state index in [9.17, 15) is 14.9 Å². The average Bonchev–Trinajstić information content (AvgIpc) is 2.62. The molecule has 0 aliphatic heterocycles. The fourth-order valence-corrected chi connectivity index (χ4v) is 2.51. The number of benzene rings is 2. The quantitative estimate of drug-likeness (QED) is 0.571. The first-order chi connectivity index (χ1) is 12.4. The van der Waals surface area contributed by atoms with Crippen LogP contribution < -0.4 is 14.8 Å². The van der Waals surface area contributed by atoms with E-state index in [4.69, 9.17) is 9.47 Å². The van der Waals surface area contributed by atoms with E-state index in [1.807, 2.05) is 19.1 Å². The molecule has 0 saturated carbocycles. The third-order valence-electron chi connectivity index (χ3n) is 3.79. The van der Waals surface area contributed by atoms with Crippen molar-refractivity contribution in [1.82, 2.24) is 0 Å². The van der Waals surface area contributed by atoms with Gasteiger partial charge in [-0.1, -0.05) is 12.1 Å².